The Bertz CT molecular complexity index is 830. The molecule has 1 aromatic carbocycles. The van der Waals surface area contributed by atoms with Crippen LogP contribution in [-0.4, -0.2) is 60.3 Å². The first-order valence-electron chi connectivity index (χ1n) is 8.70. The van der Waals surface area contributed by atoms with Crippen molar-refractivity contribution < 1.29 is 32.2 Å². The first kappa shape index (κ1) is 21.9. The summed E-state index contributed by atoms with van der Waals surface area (Å²) in [5, 5.41) is 2.64. The van der Waals surface area contributed by atoms with Gasteiger partial charge in [0.25, 0.3) is 5.91 Å². The second-order valence-corrected chi connectivity index (χ2v) is 7.85. The normalized spacial score (nSPS) is 16.9. The van der Waals surface area contributed by atoms with Gasteiger partial charge in [0.2, 0.25) is 10.0 Å². The van der Waals surface area contributed by atoms with Gasteiger partial charge in [-0.15, -0.1) is 0 Å². The van der Waals surface area contributed by atoms with Gasteiger partial charge in [-0.25, -0.2) is 17.9 Å². The predicted molar refractivity (Wildman–Crippen MR) is 101 cm³/mol. The summed E-state index contributed by atoms with van der Waals surface area (Å²) in [5.41, 5.74) is 0.453. The van der Waals surface area contributed by atoms with E-state index in [0.717, 1.165) is 18.9 Å². The molecular formula is C18H24N2O7S. The van der Waals surface area contributed by atoms with Crippen molar-refractivity contribution >= 4 is 28.0 Å². The van der Waals surface area contributed by atoms with Crippen molar-refractivity contribution in [1.82, 2.24) is 10.0 Å². The zero-order chi connectivity index (χ0) is 20.6. The number of benzene rings is 1. The van der Waals surface area contributed by atoms with E-state index < -0.39 is 28.5 Å². The second kappa shape index (κ2) is 10.2. The predicted octanol–water partition coefficient (Wildman–Crippen LogP) is 0.455. The van der Waals surface area contributed by atoms with E-state index in [1.807, 2.05) is 0 Å². The lowest BCUT2D eigenvalue weighted by atomic mass is 10.2. The van der Waals surface area contributed by atoms with E-state index in [4.69, 9.17) is 14.2 Å². The number of amides is 1. The number of hydrogen-bond acceptors (Lipinski definition) is 7. The molecule has 1 amide bonds. The van der Waals surface area contributed by atoms with Crippen molar-refractivity contribution in [3.05, 3.63) is 29.8 Å². The van der Waals surface area contributed by atoms with E-state index >= 15 is 0 Å². The summed E-state index contributed by atoms with van der Waals surface area (Å²) >= 11 is 0. The Hall–Kier alpha value is -2.43. The lowest BCUT2D eigenvalue weighted by Crippen LogP contribution is -2.34. The molecule has 0 aliphatic carbocycles. The quantitative estimate of drug-likeness (QED) is 0.446. The Kier molecular flexibility index (Phi) is 7.97. The molecule has 10 heteroatoms. The number of rotatable bonds is 9. The van der Waals surface area contributed by atoms with Crippen LogP contribution >= 0.6 is 0 Å². The van der Waals surface area contributed by atoms with Crippen LogP contribution in [0.15, 0.2) is 29.2 Å². The van der Waals surface area contributed by atoms with Crippen molar-refractivity contribution in [2.45, 2.75) is 23.8 Å². The highest BCUT2D eigenvalue weighted by atomic mass is 32.2. The third-order valence-electron chi connectivity index (χ3n) is 4.05. The fourth-order valence-corrected chi connectivity index (χ4v) is 3.48. The molecule has 1 aliphatic heterocycles. The number of methoxy groups -OCH3 is 1. The van der Waals surface area contributed by atoms with Gasteiger partial charge in [-0.2, -0.15) is 0 Å². The van der Waals surface area contributed by atoms with Crippen LogP contribution in [0.25, 0.3) is 6.08 Å². The minimum Gasteiger partial charge on any atom is -0.495 e. The molecule has 1 aromatic rings. The van der Waals surface area contributed by atoms with Gasteiger partial charge >= 0.3 is 5.97 Å². The number of carbonyl (C=O) groups excluding carboxylic acids is 2. The van der Waals surface area contributed by atoms with Gasteiger partial charge in [0.1, 0.15) is 10.6 Å². The molecule has 1 atom stereocenters. The van der Waals surface area contributed by atoms with E-state index in [2.05, 4.69) is 10.0 Å². The van der Waals surface area contributed by atoms with E-state index in [-0.39, 0.29) is 16.7 Å². The van der Waals surface area contributed by atoms with Crippen molar-refractivity contribution in [2.24, 2.45) is 0 Å². The summed E-state index contributed by atoms with van der Waals surface area (Å²) in [6, 6.07) is 4.43. The average molecular weight is 412 g/mol. The summed E-state index contributed by atoms with van der Waals surface area (Å²) in [6.45, 7) is 0.682. The highest BCUT2D eigenvalue weighted by Gasteiger charge is 2.18. The molecule has 0 saturated carbocycles. The molecule has 2 N–H and O–H groups in total. The highest BCUT2D eigenvalue weighted by molar-refractivity contribution is 7.89. The maximum absolute atomic E-state index is 12.0. The van der Waals surface area contributed by atoms with Crippen LogP contribution in [-0.2, 0) is 29.1 Å². The largest absolute Gasteiger partial charge is 0.495 e. The van der Waals surface area contributed by atoms with Crippen molar-refractivity contribution in [3.8, 4) is 5.75 Å². The maximum atomic E-state index is 12.0. The van der Waals surface area contributed by atoms with Gasteiger partial charge in [0, 0.05) is 19.2 Å². The first-order chi connectivity index (χ1) is 13.4. The molecular weight excluding hydrogens is 388 g/mol. The van der Waals surface area contributed by atoms with Crippen LogP contribution < -0.4 is 14.8 Å². The third kappa shape index (κ3) is 6.32. The maximum Gasteiger partial charge on any atom is 0.331 e. The Morgan fingerprint density at radius 1 is 1.36 bits per heavy atom. The van der Waals surface area contributed by atoms with Gasteiger partial charge in [-0.05, 0) is 43.7 Å². The number of hydrogen-bond donors (Lipinski definition) is 2. The molecule has 0 radical (unpaired) electrons. The number of carbonyl (C=O) groups is 2. The molecule has 28 heavy (non-hydrogen) atoms. The van der Waals surface area contributed by atoms with Gasteiger partial charge < -0.3 is 19.5 Å². The molecule has 1 heterocycles. The lowest BCUT2D eigenvalue weighted by molar-refractivity contribution is -0.143. The van der Waals surface area contributed by atoms with E-state index in [0.29, 0.717) is 18.7 Å². The molecule has 1 saturated heterocycles. The van der Waals surface area contributed by atoms with Crippen LogP contribution in [0, 0.1) is 0 Å². The minimum absolute atomic E-state index is 0.0118. The number of ether oxygens (including phenoxy) is 3. The second-order valence-electron chi connectivity index (χ2n) is 6.00. The third-order valence-corrected chi connectivity index (χ3v) is 5.49. The molecule has 1 fully saturated rings. The van der Waals surface area contributed by atoms with E-state index in [1.54, 1.807) is 6.07 Å². The summed E-state index contributed by atoms with van der Waals surface area (Å²) in [6.07, 6.45) is 4.39. The standard InChI is InChI=1S/C18H24N2O7S/c1-19-28(23,24)16-10-13(5-7-15(16)25-2)6-8-18(22)27-12-17(21)20-11-14-4-3-9-26-14/h5-8,10,14,19H,3-4,9,11-12H2,1-2H3,(H,20,21)/b8-6+/t14-/m0/s1. The highest BCUT2D eigenvalue weighted by Crippen LogP contribution is 2.25. The Labute approximate surface area is 164 Å². The molecule has 0 aromatic heterocycles. The van der Waals surface area contributed by atoms with Gasteiger partial charge in [0.15, 0.2) is 6.61 Å². The van der Waals surface area contributed by atoms with Crippen LogP contribution in [0.5, 0.6) is 5.75 Å². The molecule has 154 valence electrons. The molecule has 0 unspecified atom stereocenters. The Morgan fingerprint density at radius 2 is 2.14 bits per heavy atom. The van der Waals surface area contributed by atoms with Crippen LogP contribution in [0.3, 0.4) is 0 Å². The first-order valence-corrected chi connectivity index (χ1v) is 10.2. The molecule has 2 rings (SSSR count). The topological polar surface area (TPSA) is 120 Å². The fraction of sp³-hybridized carbons (Fsp3) is 0.444. The molecule has 0 spiro atoms. The van der Waals surface area contributed by atoms with Gasteiger partial charge in [-0.1, -0.05) is 6.07 Å². The minimum atomic E-state index is -3.73. The van der Waals surface area contributed by atoms with E-state index in [1.165, 1.54) is 32.4 Å². The fourth-order valence-electron chi connectivity index (χ4n) is 2.55. The summed E-state index contributed by atoms with van der Waals surface area (Å²) in [7, 11) is -1.07. The lowest BCUT2D eigenvalue weighted by Gasteiger charge is -2.10. The van der Waals surface area contributed by atoms with Gasteiger partial charge in [-0.3, -0.25) is 4.79 Å². The van der Waals surface area contributed by atoms with Crippen molar-refractivity contribution in [2.75, 3.05) is 33.9 Å². The van der Waals surface area contributed by atoms with E-state index in [9.17, 15) is 18.0 Å². The van der Waals surface area contributed by atoms with Gasteiger partial charge in [0.05, 0.1) is 13.2 Å². The molecule has 0 bridgehead atoms. The SMILES string of the molecule is CNS(=O)(=O)c1cc(/C=C/C(=O)OCC(=O)NC[C@@H]2CCCO2)ccc1OC. The molecule has 1 aliphatic rings. The van der Waals surface area contributed by atoms with Crippen LogP contribution in [0.2, 0.25) is 0 Å². The zero-order valence-electron chi connectivity index (χ0n) is 15.8. The van der Waals surface area contributed by atoms with Crippen LogP contribution in [0.1, 0.15) is 18.4 Å². The summed E-state index contributed by atoms with van der Waals surface area (Å²) < 4.78 is 41.6. The number of esters is 1. The Balaban J connectivity index is 1.89. The number of sulfonamides is 1. The summed E-state index contributed by atoms with van der Waals surface area (Å²) in [4.78, 5) is 23.4. The van der Waals surface area contributed by atoms with Crippen LogP contribution in [0.4, 0.5) is 0 Å². The Morgan fingerprint density at radius 3 is 2.79 bits per heavy atom. The van der Waals surface area contributed by atoms with Crippen molar-refractivity contribution in [1.29, 1.82) is 0 Å². The molecule has 9 nitrogen and oxygen atoms in total. The summed E-state index contributed by atoms with van der Waals surface area (Å²) in [5.74, 6) is -0.956. The zero-order valence-corrected chi connectivity index (χ0v) is 16.6. The smallest absolute Gasteiger partial charge is 0.331 e. The van der Waals surface area contributed by atoms with Crippen molar-refractivity contribution in [3.63, 3.8) is 0 Å². The number of nitrogens with one attached hydrogen (secondary N) is 2. The monoisotopic (exact) mass is 412 g/mol. The average Bonchev–Trinajstić information content (AvgIpc) is 3.22.